The molecule has 0 saturated carbocycles. The molecular formula is C20H15ClN2O3S. The Labute approximate surface area is 164 Å². The highest BCUT2D eigenvalue weighted by molar-refractivity contribution is 8.00. The number of aromatic nitrogens is 2. The summed E-state index contributed by atoms with van der Waals surface area (Å²) in [5, 5.41) is 5.23. The fourth-order valence-electron chi connectivity index (χ4n) is 3.02. The standard InChI is InChI=1S/C20H15ClN2O3S/c1-12(24)26-19-11-13-10-18(25)23(15-8-6-14(21)7-9-15)22-20(13)16-4-2-3-5-17(16)27-19/h2-10,19H,11H2,1H3. The van der Waals surface area contributed by atoms with Gasteiger partial charge < -0.3 is 4.74 Å². The number of nitrogens with zero attached hydrogens (tertiary/aromatic N) is 2. The third-order valence-electron chi connectivity index (χ3n) is 4.17. The Morgan fingerprint density at radius 3 is 2.70 bits per heavy atom. The number of esters is 1. The van der Waals surface area contributed by atoms with E-state index < -0.39 is 5.44 Å². The minimum Gasteiger partial charge on any atom is -0.451 e. The van der Waals surface area contributed by atoms with Crippen molar-refractivity contribution in [3.63, 3.8) is 0 Å². The third kappa shape index (κ3) is 3.63. The van der Waals surface area contributed by atoms with Crippen molar-refractivity contribution in [3.8, 4) is 16.9 Å². The topological polar surface area (TPSA) is 61.2 Å². The second-order valence-corrected chi connectivity index (χ2v) is 7.74. The zero-order valence-corrected chi connectivity index (χ0v) is 16.0. The lowest BCUT2D eigenvalue weighted by molar-refractivity contribution is -0.142. The first-order valence-corrected chi connectivity index (χ1v) is 9.59. The maximum atomic E-state index is 12.7. The first-order valence-electron chi connectivity index (χ1n) is 8.34. The fraction of sp³-hybridized carbons (Fsp3) is 0.150. The van der Waals surface area contributed by atoms with Gasteiger partial charge in [0.15, 0.2) is 5.44 Å². The first kappa shape index (κ1) is 17.8. The lowest BCUT2D eigenvalue weighted by Crippen LogP contribution is -2.23. The van der Waals surface area contributed by atoms with Gasteiger partial charge in [-0.25, -0.2) is 0 Å². The Morgan fingerprint density at radius 2 is 1.96 bits per heavy atom. The van der Waals surface area contributed by atoms with E-state index in [1.54, 1.807) is 30.3 Å². The number of hydrogen-bond acceptors (Lipinski definition) is 5. The van der Waals surface area contributed by atoms with Crippen molar-refractivity contribution in [1.82, 2.24) is 9.78 Å². The number of thioether (sulfide) groups is 1. The molecule has 0 N–H and O–H groups in total. The molecule has 3 aromatic rings. The maximum Gasteiger partial charge on any atom is 0.303 e. The van der Waals surface area contributed by atoms with Gasteiger partial charge in [0.05, 0.1) is 11.4 Å². The molecular weight excluding hydrogens is 384 g/mol. The van der Waals surface area contributed by atoms with Crippen molar-refractivity contribution in [3.05, 3.63) is 75.5 Å². The number of halogens is 1. The van der Waals surface area contributed by atoms with Gasteiger partial charge in [0, 0.05) is 34.9 Å². The molecule has 0 saturated heterocycles. The normalized spacial score (nSPS) is 15.4. The van der Waals surface area contributed by atoms with E-state index in [0.29, 0.717) is 22.8 Å². The molecule has 0 bridgehead atoms. The van der Waals surface area contributed by atoms with E-state index in [2.05, 4.69) is 5.10 Å². The van der Waals surface area contributed by atoms with Gasteiger partial charge in [-0.05, 0) is 35.9 Å². The van der Waals surface area contributed by atoms with Gasteiger partial charge >= 0.3 is 5.97 Å². The van der Waals surface area contributed by atoms with Gasteiger partial charge in [0.2, 0.25) is 0 Å². The number of hydrogen-bond donors (Lipinski definition) is 0. The van der Waals surface area contributed by atoms with Crippen molar-refractivity contribution in [1.29, 1.82) is 0 Å². The van der Waals surface area contributed by atoms with Gasteiger partial charge in [0.25, 0.3) is 5.56 Å². The molecule has 27 heavy (non-hydrogen) atoms. The Bertz CT molecular complexity index is 1080. The van der Waals surface area contributed by atoms with Gasteiger partial charge in [-0.1, -0.05) is 41.6 Å². The number of rotatable bonds is 2. The Balaban J connectivity index is 1.89. The predicted molar refractivity (Wildman–Crippen MR) is 105 cm³/mol. The summed E-state index contributed by atoms with van der Waals surface area (Å²) in [5.41, 5.74) is 2.36. The summed E-state index contributed by atoms with van der Waals surface area (Å²) in [6.45, 7) is 1.38. The average molecular weight is 399 g/mol. The average Bonchev–Trinajstić information content (AvgIpc) is 2.77. The summed E-state index contributed by atoms with van der Waals surface area (Å²) < 4.78 is 6.79. The van der Waals surface area contributed by atoms with Crippen LogP contribution in [0.1, 0.15) is 12.5 Å². The summed E-state index contributed by atoms with van der Waals surface area (Å²) in [6, 6.07) is 16.3. The molecule has 0 radical (unpaired) electrons. The summed E-state index contributed by atoms with van der Waals surface area (Å²) in [5.74, 6) is -0.351. The zero-order chi connectivity index (χ0) is 19.0. The SMILES string of the molecule is CC(=O)OC1Cc2cc(=O)n(-c3ccc(Cl)cc3)nc2-c2ccccc2S1. The lowest BCUT2D eigenvalue weighted by Gasteiger charge is -2.14. The molecule has 136 valence electrons. The van der Waals surface area contributed by atoms with E-state index in [4.69, 9.17) is 16.3 Å². The van der Waals surface area contributed by atoms with E-state index in [9.17, 15) is 9.59 Å². The minimum atomic E-state index is -0.405. The second kappa shape index (κ2) is 7.21. The molecule has 2 aromatic carbocycles. The molecule has 0 aliphatic carbocycles. The van der Waals surface area contributed by atoms with Crippen LogP contribution in [-0.2, 0) is 16.0 Å². The number of carbonyl (C=O) groups is 1. The molecule has 5 nitrogen and oxygen atoms in total. The van der Waals surface area contributed by atoms with E-state index >= 15 is 0 Å². The monoisotopic (exact) mass is 398 g/mol. The third-order valence-corrected chi connectivity index (χ3v) is 5.55. The van der Waals surface area contributed by atoms with E-state index in [1.807, 2.05) is 24.3 Å². The quantitative estimate of drug-likeness (QED) is 0.608. The van der Waals surface area contributed by atoms with Crippen LogP contribution in [0, 0.1) is 0 Å². The number of benzene rings is 2. The van der Waals surface area contributed by atoms with Crippen molar-refractivity contribution >= 4 is 29.3 Å². The fourth-order valence-corrected chi connectivity index (χ4v) is 4.33. The highest BCUT2D eigenvalue weighted by atomic mass is 35.5. The van der Waals surface area contributed by atoms with Gasteiger partial charge in [-0.15, -0.1) is 0 Å². The van der Waals surface area contributed by atoms with Crippen LogP contribution in [0.2, 0.25) is 5.02 Å². The van der Waals surface area contributed by atoms with Crippen LogP contribution in [-0.4, -0.2) is 21.2 Å². The van der Waals surface area contributed by atoms with Gasteiger partial charge in [-0.3, -0.25) is 9.59 Å². The second-order valence-electron chi connectivity index (χ2n) is 6.10. The molecule has 1 aliphatic heterocycles. The maximum absolute atomic E-state index is 12.7. The Kier molecular flexibility index (Phi) is 4.76. The molecule has 2 heterocycles. The van der Waals surface area contributed by atoms with Crippen LogP contribution >= 0.6 is 23.4 Å². The molecule has 0 spiro atoms. The van der Waals surface area contributed by atoms with Crippen molar-refractivity contribution in [2.75, 3.05) is 0 Å². The number of fused-ring (bicyclic) bond motifs is 3. The minimum absolute atomic E-state index is 0.248. The van der Waals surface area contributed by atoms with E-state index in [0.717, 1.165) is 16.0 Å². The van der Waals surface area contributed by atoms with Crippen LogP contribution in [0.15, 0.2) is 64.3 Å². The summed E-state index contributed by atoms with van der Waals surface area (Å²) in [7, 11) is 0. The number of carbonyl (C=O) groups excluding carboxylic acids is 1. The van der Waals surface area contributed by atoms with E-state index in [-0.39, 0.29) is 11.5 Å². The zero-order valence-electron chi connectivity index (χ0n) is 14.4. The van der Waals surface area contributed by atoms with Crippen LogP contribution in [0.5, 0.6) is 0 Å². The smallest absolute Gasteiger partial charge is 0.303 e. The summed E-state index contributed by atoms with van der Waals surface area (Å²) in [6.07, 6.45) is 0.415. The van der Waals surface area contributed by atoms with E-state index in [1.165, 1.54) is 23.4 Å². The highest BCUT2D eigenvalue weighted by Gasteiger charge is 2.26. The molecule has 0 fully saturated rings. The van der Waals surface area contributed by atoms with Crippen LogP contribution in [0.4, 0.5) is 0 Å². The van der Waals surface area contributed by atoms with Crippen molar-refractivity contribution in [2.45, 2.75) is 23.7 Å². The molecule has 1 unspecified atom stereocenters. The Hall–Kier alpha value is -2.57. The lowest BCUT2D eigenvalue weighted by atomic mass is 10.0. The predicted octanol–water partition coefficient (Wildman–Crippen LogP) is 4.09. The molecule has 1 atom stereocenters. The van der Waals surface area contributed by atoms with Gasteiger partial charge in [0.1, 0.15) is 0 Å². The van der Waals surface area contributed by atoms with Crippen LogP contribution in [0.3, 0.4) is 0 Å². The van der Waals surface area contributed by atoms with Crippen LogP contribution < -0.4 is 5.56 Å². The van der Waals surface area contributed by atoms with Crippen molar-refractivity contribution < 1.29 is 9.53 Å². The summed E-state index contributed by atoms with van der Waals surface area (Å²) in [4.78, 5) is 25.1. The molecule has 1 aliphatic rings. The number of ether oxygens (including phenoxy) is 1. The molecule has 7 heteroatoms. The first-order chi connectivity index (χ1) is 13.0. The largest absolute Gasteiger partial charge is 0.451 e. The Morgan fingerprint density at radius 1 is 1.22 bits per heavy atom. The highest BCUT2D eigenvalue weighted by Crippen LogP contribution is 2.39. The molecule has 0 amide bonds. The molecule has 4 rings (SSSR count). The van der Waals surface area contributed by atoms with Gasteiger partial charge in [-0.2, -0.15) is 9.78 Å². The van der Waals surface area contributed by atoms with Crippen molar-refractivity contribution in [2.24, 2.45) is 0 Å². The van der Waals surface area contributed by atoms with Crippen LogP contribution in [0.25, 0.3) is 16.9 Å². The molecule has 1 aromatic heterocycles. The summed E-state index contributed by atoms with van der Waals surface area (Å²) >= 11 is 7.41.